The maximum atomic E-state index is 8.91. The first-order valence-electron chi connectivity index (χ1n) is 4.79. The molecule has 14 heavy (non-hydrogen) atoms. The molecule has 0 saturated carbocycles. The second-order valence-electron chi connectivity index (χ2n) is 4.06. The average molecular weight is 198 g/mol. The van der Waals surface area contributed by atoms with Gasteiger partial charge in [-0.15, -0.1) is 0 Å². The monoisotopic (exact) mass is 198 g/mol. The Labute approximate surface area is 84.7 Å². The van der Waals surface area contributed by atoms with Crippen molar-refractivity contribution in [3.63, 3.8) is 0 Å². The zero-order valence-electron chi connectivity index (χ0n) is 9.04. The van der Waals surface area contributed by atoms with E-state index in [1.807, 2.05) is 12.1 Å². The van der Waals surface area contributed by atoms with E-state index in [0.717, 1.165) is 11.5 Å². The number of furan rings is 1. The Morgan fingerprint density at radius 1 is 1.43 bits per heavy atom. The summed E-state index contributed by atoms with van der Waals surface area (Å²) >= 11 is 0. The molecule has 0 unspecified atom stereocenters. The van der Waals surface area contributed by atoms with Gasteiger partial charge in [0.05, 0.1) is 0 Å². The lowest BCUT2D eigenvalue weighted by molar-refractivity contribution is 0.158. The van der Waals surface area contributed by atoms with E-state index in [4.69, 9.17) is 14.3 Å². The zero-order valence-corrected chi connectivity index (χ0v) is 9.04. The number of hydrogen-bond acceptors (Lipinski definition) is 3. The lowest BCUT2D eigenvalue weighted by atomic mass is 9.87. The summed E-state index contributed by atoms with van der Waals surface area (Å²) in [5.74, 6) is 1.73. The van der Waals surface area contributed by atoms with Gasteiger partial charge in [-0.3, -0.25) is 0 Å². The van der Waals surface area contributed by atoms with Crippen LogP contribution in [-0.4, -0.2) is 18.8 Å². The van der Waals surface area contributed by atoms with Crippen molar-refractivity contribution in [1.82, 2.24) is 0 Å². The van der Waals surface area contributed by atoms with E-state index in [0.29, 0.717) is 13.0 Å². The van der Waals surface area contributed by atoms with Gasteiger partial charge in [0.2, 0.25) is 0 Å². The highest BCUT2D eigenvalue weighted by atomic mass is 16.5. The van der Waals surface area contributed by atoms with Gasteiger partial charge in [0, 0.05) is 19.1 Å². The van der Waals surface area contributed by atoms with Crippen LogP contribution in [0, 0.1) is 0 Å². The topological polar surface area (TPSA) is 42.6 Å². The highest BCUT2D eigenvalue weighted by Crippen LogP contribution is 2.28. The highest BCUT2D eigenvalue weighted by molar-refractivity contribution is 5.14. The number of hydrogen-bond donors (Lipinski definition) is 1. The highest BCUT2D eigenvalue weighted by Gasteiger charge is 2.23. The van der Waals surface area contributed by atoms with E-state index in [1.54, 1.807) is 7.11 Å². The Balaban J connectivity index is 2.74. The van der Waals surface area contributed by atoms with Crippen molar-refractivity contribution in [1.29, 1.82) is 0 Å². The van der Waals surface area contributed by atoms with Crippen LogP contribution in [0.4, 0.5) is 0 Å². The summed E-state index contributed by atoms with van der Waals surface area (Å²) in [5.41, 5.74) is -0.110. The second kappa shape index (κ2) is 4.62. The van der Waals surface area contributed by atoms with E-state index >= 15 is 0 Å². The van der Waals surface area contributed by atoms with Gasteiger partial charge in [0.1, 0.15) is 18.1 Å². The number of methoxy groups -OCH3 is 1. The molecular formula is C11H18O3. The summed E-state index contributed by atoms with van der Waals surface area (Å²) in [6.45, 7) is 4.78. The van der Waals surface area contributed by atoms with Crippen LogP contribution in [0.2, 0.25) is 0 Å². The third kappa shape index (κ3) is 2.59. The summed E-state index contributed by atoms with van der Waals surface area (Å²) in [7, 11) is 1.64. The van der Waals surface area contributed by atoms with Gasteiger partial charge in [-0.05, 0) is 18.6 Å². The van der Waals surface area contributed by atoms with Gasteiger partial charge in [0.15, 0.2) is 0 Å². The fraction of sp³-hybridized carbons (Fsp3) is 0.636. The Hall–Kier alpha value is -0.800. The van der Waals surface area contributed by atoms with Gasteiger partial charge >= 0.3 is 0 Å². The van der Waals surface area contributed by atoms with Crippen LogP contribution in [0.25, 0.3) is 0 Å². The molecule has 1 heterocycles. The molecule has 1 N–H and O–H groups in total. The Morgan fingerprint density at radius 2 is 2.14 bits per heavy atom. The van der Waals surface area contributed by atoms with Crippen molar-refractivity contribution in [2.45, 2.75) is 32.3 Å². The molecule has 3 heteroatoms. The van der Waals surface area contributed by atoms with Crippen molar-refractivity contribution >= 4 is 0 Å². The van der Waals surface area contributed by atoms with Crippen LogP contribution >= 0.6 is 0 Å². The van der Waals surface area contributed by atoms with Gasteiger partial charge in [0.25, 0.3) is 0 Å². The number of rotatable bonds is 5. The van der Waals surface area contributed by atoms with E-state index in [9.17, 15) is 0 Å². The summed E-state index contributed by atoms with van der Waals surface area (Å²) < 4.78 is 10.6. The van der Waals surface area contributed by atoms with Crippen LogP contribution in [0.15, 0.2) is 16.5 Å². The maximum absolute atomic E-state index is 8.91. The average Bonchev–Trinajstić information content (AvgIpc) is 2.54. The normalized spacial score (nSPS) is 12.0. The van der Waals surface area contributed by atoms with Gasteiger partial charge in [-0.1, -0.05) is 13.8 Å². The predicted octanol–water partition coefficient (Wildman–Crippen LogP) is 2.09. The van der Waals surface area contributed by atoms with Crippen molar-refractivity contribution in [2.24, 2.45) is 0 Å². The standard InChI is InChI=1S/C11H18O3/c1-11(2,6-7-12)10-5-4-9(14-10)8-13-3/h4-5,12H,6-8H2,1-3H3. The molecule has 0 aromatic carbocycles. The van der Waals surface area contributed by atoms with Crippen LogP contribution in [-0.2, 0) is 16.8 Å². The molecule has 0 radical (unpaired) electrons. The summed E-state index contributed by atoms with van der Waals surface area (Å²) in [6.07, 6.45) is 0.701. The minimum atomic E-state index is -0.110. The van der Waals surface area contributed by atoms with Gasteiger partial charge in [-0.25, -0.2) is 0 Å². The molecule has 0 atom stereocenters. The molecule has 0 amide bonds. The van der Waals surface area contributed by atoms with E-state index in [-0.39, 0.29) is 12.0 Å². The van der Waals surface area contributed by atoms with Crippen molar-refractivity contribution < 1.29 is 14.3 Å². The predicted molar refractivity (Wildman–Crippen MR) is 54.1 cm³/mol. The van der Waals surface area contributed by atoms with Gasteiger partial charge < -0.3 is 14.3 Å². The molecule has 1 rings (SSSR count). The molecule has 1 aromatic heterocycles. The molecule has 0 spiro atoms. The van der Waals surface area contributed by atoms with Crippen molar-refractivity contribution in [3.8, 4) is 0 Å². The molecule has 3 nitrogen and oxygen atoms in total. The lowest BCUT2D eigenvalue weighted by Gasteiger charge is -2.20. The second-order valence-corrected chi connectivity index (χ2v) is 4.06. The van der Waals surface area contributed by atoms with Crippen LogP contribution < -0.4 is 0 Å². The first-order chi connectivity index (χ1) is 6.60. The molecule has 0 saturated heterocycles. The van der Waals surface area contributed by atoms with Crippen molar-refractivity contribution in [3.05, 3.63) is 23.7 Å². The molecule has 0 aliphatic heterocycles. The minimum Gasteiger partial charge on any atom is -0.463 e. The fourth-order valence-corrected chi connectivity index (χ4v) is 1.36. The third-order valence-electron chi connectivity index (χ3n) is 2.35. The zero-order chi connectivity index (χ0) is 10.6. The van der Waals surface area contributed by atoms with E-state index in [1.165, 1.54) is 0 Å². The van der Waals surface area contributed by atoms with E-state index < -0.39 is 0 Å². The SMILES string of the molecule is COCc1ccc(C(C)(C)CCO)o1. The van der Waals surface area contributed by atoms with E-state index in [2.05, 4.69) is 13.8 Å². The summed E-state index contributed by atoms with van der Waals surface area (Å²) in [5, 5.41) is 8.91. The first-order valence-corrected chi connectivity index (χ1v) is 4.79. The lowest BCUT2D eigenvalue weighted by Crippen LogP contribution is -2.17. The van der Waals surface area contributed by atoms with Crippen LogP contribution in [0.5, 0.6) is 0 Å². The first kappa shape index (κ1) is 11.3. The number of ether oxygens (including phenoxy) is 1. The quantitative estimate of drug-likeness (QED) is 0.787. The van der Waals surface area contributed by atoms with Crippen molar-refractivity contribution in [2.75, 3.05) is 13.7 Å². The Kier molecular flexibility index (Phi) is 3.72. The summed E-state index contributed by atoms with van der Waals surface area (Å²) in [4.78, 5) is 0. The molecule has 0 aliphatic rings. The Bertz CT molecular complexity index is 276. The van der Waals surface area contributed by atoms with Gasteiger partial charge in [-0.2, -0.15) is 0 Å². The third-order valence-corrected chi connectivity index (χ3v) is 2.35. The molecule has 80 valence electrons. The minimum absolute atomic E-state index is 0.110. The molecular weight excluding hydrogens is 180 g/mol. The molecule has 0 aliphatic carbocycles. The molecule has 0 bridgehead atoms. The number of aliphatic hydroxyl groups excluding tert-OH is 1. The Morgan fingerprint density at radius 3 is 2.71 bits per heavy atom. The van der Waals surface area contributed by atoms with Crippen LogP contribution in [0.1, 0.15) is 31.8 Å². The smallest absolute Gasteiger partial charge is 0.129 e. The molecule has 1 aromatic rings. The summed E-state index contributed by atoms with van der Waals surface area (Å²) in [6, 6.07) is 3.86. The van der Waals surface area contributed by atoms with Crippen LogP contribution in [0.3, 0.4) is 0 Å². The maximum Gasteiger partial charge on any atom is 0.129 e. The largest absolute Gasteiger partial charge is 0.463 e. The fourth-order valence-electron chi connectivity index (χ4n) is 1.36. The molecule has 0 fully saturated rings. The number of aliphatic hydroxyl groups is 1.